The lowest BCUT2D eigenvalue weighted by atomic mass is 10.3. The van der Waals surface area contributed by atoms with Crippen LogP contribution in [0.1, 0.15) is 11.7 Å². The molecule has 10 heavy (non-hydrogen) atoms. The number of hydrogen-bond donors (Lipinski definition) is 0. The van der Waals surface area contributed by atoms with Gasteiger partial charge in [-0.3, -0.25) is 9.36 Å². The van der Waals surface area contributed by atoms with Gasteiger partial charge in [-0.1, -0.05) is 6.58 Å². The zero-order valence-corrected chi connectivity index (χ0v) is 5.74. The minimum absolute atomic E-state index is 0.113. The van der Waals surface area contributed by atoms with Crippen molar-refractivity contribution >= 4 is 5.91 Å². The van der Waals surface area contributed by atoms with E-state index in [1.165, 1.54) is 10.9 Å². The Balaban J connectivity index is 2.88. The van der Waals surface area contributed by atoms with E-state index in [1.54, 1.807) is 19.3 Å². The second kappa shape index (κ2) is 2.47. The fraction of sp³-hybridized carbons (Fsp3) is 0.143. The first kappa shape index (κ1) is 6.74. The largest absolute Gasteiger partial charge is 0.273 e. The molecular formula is C7H8N2O. The van der Waals surface area contributed by atoms with Crippen LogP contribution in [0, 0.1) is 0 Å². The highest BCUT2D eigenvalue weighted by molar-refractivity contribution is 5.93. The molecule has 0 aromatic carbocycles. The zero-order valence-electron chi connectivity index (χ0n) is 5.74. The third-order valence-corrected chi connectivity index (χ3v) is 1.10. The van der Waals surface area contributed by atoms with Gasteiger partial charge in [-0.15, -0.1) is 0 Å². The molecule has 0 unspecified atom stereocenters. The number of allylic oxidation sites excluding steroid dienone is 1. The van der Waals surface area contributed by atoms with Gasteiger partial charge in [0.1, 0.15) is 6.33 Å². The van der Waals surface area contributed by atoms with Gasteiger partial charge < -0.3 is 0 Å². The third-order valence-electron chi connectivity index (χ3n) is 1.10. The van der Waals surface area contributed by atoms with Crippen molar-refractivity contribution in [1.29, 1.82) is 0 Å². The second-order valence-electron chi connectivity index (χ2n) is 2.06. The lowest BCUT2D eigenvalue weighted by Crippen LogP contribution is -2.07. The fourth-order valence-corrected chi connectivity index (χ4v) is 0.600. The normalized spacial score (nSPS) is 9.30. The lowest BCUT2D eigenvalue weighted by Gasteiger charge is -1.96. The van der Waals surface area contributed by atoms with E-state index in [0.717, 1.165) is 0 Å². The summed E-state index contributed by atoms with van der Waals surface area (Å²) in [7, 11) is 0. The van der Waals surface area contributed by atoms with Gasteiger partial charge in [0.2, 0.25) is 0 Å². The molecular weight excluding hydrogens is 128 g/mol. The SMILES string of the molecule is C=C(C)C(=O)n1ccnc1. The molecule has 0 amide bonds. The zero-order chi connectivity index (χ0) is 7.56. The van der Waals surface area contributed by atoms with Gasteiger partial charge in [-0.2, -0.15) is 0 Å². The lowest BCUT2D eigenvalue weighted by molar-refractivity contribution is 0.0955. The second-order valence-corrected chi connectivity index (χ2v) is 2.06. The molecule has 1 aromatic rings. The summed E-state index contributed by atoms with van der Waals surface area (Å²) in [6, 6.07) is 0. The number of hydrogen-bond acceptors (Lipinski definition) is 2. The van der Waals surface area contributed by atoms with Crippen LogP contribution in [-0.4, -0.2) is 15.5 Å². The van der Waals surface area contributed by atoms with Crippen LogP contribution in [0.3, 0.4) is 0 Å². The van der Waals surface area contributed by atoms with Gasteiger partial charge in [0.15, 0.2) is 0 Å². The first-order valence-corrected chi connectivity index (χ1v) is 2.90. The van der Waals surface area contributed by atoms with Crippen molar-refractivity contribution in [2.24, 2.45) is 0 Å². The van der Waals surface area contributed by atoms with Crippen molar-refractivity contribution in [2.75, 3.05) is 0 Å². The quantitative estimate of drug-likeness (QED) is 0.542. The fourth-order valence-electron chi connectivity index (χ4n) is 0.600. The van der Waals surface area contributed by atoms with E-state index in [4.69, 9.17) is 0 Å². The molecule has 3 heteroatoms. The van der Waals surface area contributed by atoms with Crippen LogP contribution in [0.4, 0.5) is 0 Å². The summed E-state index contributed by atoms with van der Waals surface area (Å²) in [6.07, 6.45) is 4.61. The van der Waals surface area contributed by atoms with Crippen molar-refractivity contribution in [1.82, 2.24) is 9.55 Å². The van der Waals surface area contributed by atoms with Gasteiger partial charge in [0.05, 0.1) is 0 Å². The highest BCUT2D eigenvalue weighted by Crippen LogP contribution is 1.94. The van der Waals surface area contributed by atoms with E-state index < -0.39 is 0 Å². The van der Waals surface area contributed by atoms with E-state index in [2.05, 4.69) is 11.6 Å². The summed E-state index contributed by atoms with van der Waals surface area (Å²) in [5.74, 6) is -0.113. The number of aromatic nitrogens is 2. The Morgan fingerprint density at radius 2 is 2.40 bits per heavy atom. The van der Waals surface area contributed by atoms with Gasteiger partial charge in [-0.05, 0) is 6.92 Å². The summed E-state index contributed by atoms with van der Waals surface area (Å²) in [6.45, 7) is 5.18. The molecule has 0 saturated carbocycles. The average Bonchev–Trinajstić information content (AvgIpc) is 2.36. The van der Waals surface area contributed by atoms with Gasteiger partial charge in [-0.25, -0.2) is 4.98 Å². The Morgan fingerprint density at radius 1 is 1.70 bits per heavy atom. The van der Waals surface area contributed by atoms with E-state index in [0.29, 0.717) is 5.57 Å². The third kappa shape index (κ3) is 1.13. The number of carbonyl (C=O) groups is 1. The first-order valence-electron chi connectivity index (χ1n) is 2.90. The highest BCUT2D eigenvalue weighted by Gasteiger charge is 2.01. The minimum Gasteiger partial charge on any atom is -0.273 e. The molecule has 52 valence electrons. The van der Waals surface area contributed by atoms with Crippen LogP contribution in [0.25, 0.3) is 0 Å². The Hall–Kier alpha value is -1.38. The predicted molar refractivity (Wildman–Crippen MR) is 37.7 cm³/mol. The van der Waals surface area contributed by atoms with E-state index in [1.807, 2.05) is 0 Å². The number of nitrogens with zero attached hydrogens (tertiary/aromatic N) is 2. The smallest absolute Gasteiger partial charge is 0.258 e. The number of carbonyl (C=O) groups excluding carboxylic acids is 1. The number of rotatable bonds is 1. The van der Waals surface area contributed by atoms with Crippen molar-refractivity contribution < 1.29 is 4.79 Å². The van der Waals surface area contributed by atoms with E-state index in [-0.39, 0.29) is 5.91 Å². The molecule has 0 aliphatic rings. The van der Waals surface area contributed by atoms with Crippen LogP contribution < -0.4 is 0 Å². The summed E-state index contributed by atoms with van der Waals surface area (Å²) in [5.41, 5.74) is 0.512. The number of imidazole rings is 1. The summed E-state index contributed by atoms with van der Waals surface area (Å²) >= 11 is 0. The van der Waals surface area contributed by atoms with Crippen molar-refractivity contribution in [3.63, 3.8) is 0 Å². The minimum atomic E-state index is -0.113. The Kier molecular flexibility index (Phi) is 1.67. The molecule has 1 aromatic heterocycles. The molecule has 1 rings (SSSR count). The van der Waals surface area contributed by atoms with Gasteiger partial charge >= 0.3 is 0 Å². The Labute approximate surface area is 59.0 Å². The summed E-state index contributed by atoms with van der Waals surface area (Å²) in [5, 5.41) is 0. The standard InChI is InChI=1S/C7H8N2O/c1-6(2)7(10)9-4-3-8-5-9/h3-5H,1H2,2H3. The maximum absolute atomic E-state index is 11.0. The summed E-state index contributed by atoms with van der Waals surface area (Å²) in [4.78, 5) is 14.8. The molecule has 0 aliphatic heterocycles. The first-order chi connectivity index (χ1) is 4.72. The maximum atomic E-state index is 11.0. The van der Waals surface area contributed by atoms with E-state index in [9.17, 15) is 4.79 Å². The molecule has 3 nitrogen and oxygen atoms in total. The topological polar surface area (TPSA) is 34.9 Å². The predicted octanol–water partition coefficient (Wildman–Crippen LogP) is 1.10. The average molecular weight is 136 g/mol. The highest BCUT2D eigenvalue weighted by atomic mass is 16.2. The van der Waals surface area contributed by atoms with Crippen LogP contribution in [-0.2, 0) is 0 Å². The maximum Gasteiger partial charge on any atom is 0.258 e. The van der Waals surface area contributed by atoms with Crippen LogP contribution in [0.15, 0.2) is 30.9 Å². The molecule has 0 radical (unpaired) electrons. The van der Waals surface area contributed by atoms with Crippen LogP contribution in [0.2, 0.25) is 0 Å². The molecule has 0 fully saturated rings. The molecule has 0 atom stereocenters. The summed E-state index contributed by atoms with van der Waals surface area (Å²) < 4.78 is 1.39. The molecule has 1 heterocycles. The van der Waals surface area contributed by atoms with Gasteiger partial charge in [0, 0.05) is 18.0 Å². The van der Waals surface area contributed by atoms with Gasteiger partial charge in [0.25, 0.3) is 5.91 Å². The van der Waals surface area contributed by atoms with Crippen LogP contribution >= 0.6 is 0 Å². The molecule has 0 saturated heterocycles. The van der Waals surface area contributed by atoms with Crippen molar-refractivity contribution in [3.8, 4) is 0 Å². The monoisotopic (exact) mass is 136 g/mol. The Bertz CT molecular complexity index is 249. The molecule has 0 bridgehead atoms. The molecule has 0 spiro atoms. The van der Waals surface area contributed by atoms with Crippen LogP contribution in [0.5, 0.6) is 0 Å². The molecule has 0 N–H and O–H groups in total. The van der Waals surface area contributed by atoms with E-state index >= 15 is 0 Å². The molecule has 0 aliphatic carbocycles. The van der Waals surface area contributed by atoms with Crippen molar-refractivity contribution in [2.45, 2.75) is 6.92 Å². The van der Waals surface area contributed by atoms with Crippen molar-refractivity contribution in [3.05, 3.63) is 30.9 Å². The Morgan fingerprint density at radius 3 is 2.80 bits per heavy atom.